The molecule has 3 rings (SSSR count). The molecule has 3 heteroatoms. The van der Waals surface area contributed by atoms with E-state index in [-0.39, 0.29) is 5.60 Å². The van der Waals surface area contributed by atoms with Crippen LogP contribution in [0.25, 0.3) is 0 Å². The summed E-state index contributed by atoms with van der Waals surface area (Å²) in [4.78, 5) is 0. The van der Waals surface area contributed by atoms with Crippen LogP contribution in [0.5, 0.6) is 0 Å². The zero-order valence-corrected chi connectivity index (χ0v) is 10.2. The fourth-order valence-corrected chi connectivity index (χ4v) is 3.55. The van der Waals surface area contributed by atoms with Crippen LogP contribution in [0.15, 0.2) is 0 Å². The van der Waals surface area contributed by atoms with Gasteiger partial charge in [0.05, 0.1) is 12.2 Å². The number of rotatable bonds is 3. The highest BCUT2D eigenvalue weighted by atomic mass is 16.6. The van der Waals surface area contributed by atoms with Crippen molar-refractivity contribution >= 4 is 0 Å². The third-order valence-electron chi connectivity index (χ3n) is 4.57. The van der Waals surface area contributed by atoms with Gasteiger partial charge in [0.1, 0.15) is 0 Å². The first-order valence-corrected chi connectivity index (χ1v) is 6.72. The molecule has 3 aliphatic rings. The van der Waals surface area contributed by atoms with Crippen molar-refractivity contribution < 1.29 is 9.47 Å². The lowest BCUT2D eigenvalue weighted by atomic mass is 9.79. The molecule has 0 radical (unpaired) electrons. The van der Waals surface area contributed by atoms with Gasteiger partial charge < -0.3 is 14.8 Å². The smallest absolute Gasteiger partial charge is 0.0939 e. The zero-order valence-electron chi connectivity index (χ0n) is 10.2. The van der Waals surface area contributed by atoms with Crippen LogP contribution in [-0.2, 0) is 9.47 Å². The van der Waals surface area contributed by atoms with Crippen molar-refractivity contribution in [3.05, 3.63) is 0 Å². The molecule has 3 fully saturated rings. The summed E-state index contributed by atoms with van der Waals surface area (Å²) < 4.78 is 11.5. The van der Waals surface area contributed by atoms with E-state index in [1.807, 2.05) is 0 Å². The zero-order chi connectivity index (χ0) is 11.0. The van der Waals surface area contributed by atoms with Crippen LogP contribution < -0.4 is 5.32 Å². The Balaban J connectivity index is 1.66. The molecule has 3 nitrogen and oxygen atoms in total. The fraction of sp³-hybridized carbons (Fsp3) is 1.00. The van der Waals surface area contributed by atoms with Gasteiger partial charge in [-0.3, -0.25) is 0 Å². The van der Waals surface area contributed by atoms with Gasteiger partial charge in [0.2, 0.25) is 0 Å². The van der Waals surface area contributed by atoms with Crippen molar-refractivity contribution in [1.29, 1.82) is 0 Å². The molecule has 0 bridgehead atoms. The van der Waals surface area contributed by atoms with Gasteiger partial charge in [0.15, 0.2) is 0 Å². The van der Waals surface area contributed by atoms with Crippen LogP contribution in [-0.4, -0.2) is 38.5 Å². The molecule has 0 aromatic carbocycles. The standard InChI is InChI=1S/C13H23NO2/c1-14-12(10-2-3-10)11-4-6-16-13(8-11)5-7-15-9-13/h10-12,14H,2-9H2,1H3. The molecule has 92 valence electrons. The molecule has 3 unspecified atom stereocenters. The minimum atomic E-state index is 0.0763. The first-order chi connectivity index (χ1) is 7.83. The quantitative estimate of drug-likeness (QED) is 0.791. The average Bonchev–Trinajstić information content (AvgIpc) is 3.03. The molecule has 16 heavy (non-hydrogen) atoms. The predicted molar refractivity (Wildman–Crippen MR) is 62.4 cm³/mol. The lowest BCUT2D eigenvalue weighted by Gasteiger charge is -2.40. The van der Waals surface area contributed by atoms with Crippen LogP contribution in [0.4, 0.5) is 0 Å². The van der Waals surface area contributed by atoms with Gasteiger partial charge in [0.25, 0.3) is 0 Å². The van der Waals surface area contributed by atoms with Gasteiger partial charge in [-0.2, -0.15) is 0 Å². The molecule has 1 saturated carbocycles. The normalized spacial score (nSPS) is 41.4. The first kappa shape index (κ1) is 11.0. The summed E-state index contributed by atoms with van der Waals surface area (Å²) in [5.41, 5.74) is 0.0763. The predicted octanol–water partition coefficient (Wildman–Crippen LogP) is 1.57. The Morgan fingerprint density at radius 3 is 2.69 bits per heavy atom. The molecule has 1 spiro atoms. The van der Waals surface area contributed by atoms with E-state index in [1.165, 1.54) is 25.7 Å². The summed E-state index contributed by atoms with van der Waals surface area (Å²) in [5.74, 6) is 1.74. The van der Waals surface area contributed by atoms with Crippen molar-refractivity contribution in [1.82, 2.24) is 5.32 Å². The molecule has 0 aromatic heterocycles. The van der Waals surface area contributed by atoms with Crippen molar-refractivity contribution in [3.63, 3.8) is 0 Å². The van der Waals surface area contributed by atoms with E-state index in [0.717, 1.165) is 44.1 Å². The summed E-state index contributed by atoms with van der Waals surface area (Å²) in [7, 11) is 2.12. The first-order valence-electron chi connectivity index (χ1n) is 6.72. The third-order valence-corrected chi connectivity index (χ3v) is 4.57. The number of hydrogen-bond acceptors (Lipinski definition) is 3. The number of ether oxygens (including phenoxy) is 2. The molecule has 0 aromatic rings. The summed E-state index contributed by atoms with van der Waals surface area (Å²) in [6.45, 7) is 2.64. The average molecular weight is 225 g/mol. The van der Waals surface area contributed by atoms with Gasteiger partial charge in [-0.25, -0.2) is 0 Å². The Labute approximate surface area is 97.9 Å². The second-order valence-electron chi connectivity index (χ2n) is 5.74. The van der Waals surface area contributed by atoms with Gasteiger partial charge in [0, 0.05) is 25.7 Å². The molecule has 2 saturated heterocycles. The van der Waals surface area contributed by atoms with E-state index in [0.29, 0.717) is 0 Å². The van der Waals surface area contributed by atoms with E-state index in [2.05, 4.69) is 12.4 Å². The largest absolute Gasteiger partial charge is 0.378 e. The summed E-state index contributed by atoms with van der Waals surface area (Å²) >= 11 is 0. The topological polar surface area (TPSA) is 30.5 Å². The van der Waals surface area contributed by atoms with Crippen molar-refractivity contribution in [2.24, 2.45) is 11.8 Å². The monoisotopic (exact) mass is 225 g/mol. The highest BCUT2D eigenvalue weighted by Gasteiger charge is 2.45. The van der Waals surface area contributed by atoms with Crippen molar-refractivity contribution in [2.45, 2.75) is 43.7 Å². The third kappa shape index (κ3) is 2.01. The van der Waals surface area contributed by atoms with E-state index in [1.54, 1.807) is 0 Å². The highest BCUT2D eigenvalue weighted by molar-refractivity contribution is 4.97. The maximum atomic E-state index is 6.00. The minimum absolute atomic E-state index is 0.0763. The highest BCUT2D eigenvalue weighted by Crippen LogP contribution is 2.43. The van der Waals surface area contributed by atoms with Gasteiger partial charge in [-0.05, 0) is 44.6 Å². The van der Waals surface area contributed by atoms with Crippen LogP contribution in [0.2, 0.25) is 0 Å². The molecule has 1 aliphatic carbocycles. The SMILES string of the molecule is CNC(C1CC1)C1CCOC2(CCOC2)C1. The molecular formula is C13H23NO2. The van der Waals surface area contributed by atoms with Crippen LogP contribution in [0.1, 0.15) is 32.1 Å². The maximum absolute atomic E-state index is 6.00. The summed E-state index contributed by atoms with van der Waals surface area (Å²) in [6.07, 6.45) is 6.38. The number of nitrogens with one attached hydrogen (secondary N) is 1. The van der Waals surface area contributed by atoms with Crippen LogP contribution in [0.3, 0.4) is 0 Å². The van der Waals surface area contributed by atoms with E-state index in [9.17, 15) is 0 Å². The van der Waals surface area contributed by atoms with Gasteiger partial charge >= 0.3 is 0 Å². The molecule has 1 N–H and O–H groups in total. The van der Waals surface area contributed by atoms with Crippen molar-refractivity contribution in [3.8, 4) is 0 Å². The fourth-order valence-electron chi connectivity index (χ4n) is 3.55. The van der Waals surface area contributed by atoms with Crippen LogP contribution in [0, 0.1) is 11.8 Å². The lowest BCUT2D eigenvalue weighted by Crippen LogP contribution is -2.47. The van der Waals surface area contributed by atoms with E-state index < -0.39 is 0 Å². The summed E-state index contributed by atoms with van der Waals surface area (Å²) in [5, 5.41) is 3.54. The molecular weight excluding hydrogens is 202 g/mol. The molecule has 3 atom stereocenters. The van der Waals surface area contributed by atoms with E-state index in [4.69, 9.17) is 9.47 Å². The van der Waals surface area contributed by atoms with Gasteiger partial charge in [-0.1, -0.05) is 0 Å². The minimum Gasteiger partial charge on any atom is -0.378 e. The van der Waals surface area contributed by atoms with Crippen molar-refractivity contribution in [2.75, 3.05) is 26.9 Å². The Kier molecular flexibility index (Phi) is 2.94. The van der Waals surface area contributed by atoms with Gasteiger partial charge in [-0.15, -0.1) is 0 Å². The Bertz CT molecular complexity index is 246. The second kappa shape index (κ2) is 4.28. The number of hydrogen-bond donors (Lipinski definition) is 1. The Morgan fingerprint density at radius 1 is 1.19 bits per heavy atom. The Hall–Kier alpha value is -0.120. The molecule has 0 amide bonds. The Morgan fingerprint density at radius 2 is 2.06 bits per heavy atom. The molecule has 2 heterocycles. The second-order valence-corrected chi connectivity index (χ2v) is 5.74. The summed E-state index contributed by atoms with van der Waals surface area (Å²) in [6, 6.07) is 0.723. The molecule has 2 aliphatic heterocycles. The van der Waals surface area contributed by atoms with Crippen LogP contribution >= 0.6 is 0 Å². The maximum Gasteiger partial charge on any atom is 0.0939 e. The van der Waals surface area contributed by atoms with E-state index >= 15 is 0 Å². The lowest BCUT2D eigenvalue weighted by molar-refractivity contribution is -0.103.